The highest BCUT2D eigenvalue weighted by molar-refractivity contribution is 14.1. The van der Waals surface area contributed by atoms with Gasteiger partial charge in [0.15, 0.2) is 12.4 Å². The highest BCUT2D eigenvalue weighted by Crippen LogP contribution is 2.29. The van der Waals surface area contributed by atoms with Crippen molar-refractivity contribution in [3.63, 3.8) is 0 Å². The van der Waals surface area contributed by atoms with Gasteiger partial charge in [0.2, 0.25) is 0 Å². The molecule has 28 heavy (non-hydrogen) atoms. The number of nitrogens with zero attached hydrogens (tertiary/aromatic N) is 1. The Morgan fingerprint density at radius 3 is 2.64 bits per heavy atom. The Labute approximate surface area is 181 Å². The van der Waals surface area contributed by atoms with E-state index in [2.05, 4.69) is 56.7 Å². The van der Waals surface area contributed by atoms with Crippen LogP contribution in [0.25, 0.3) is 11.3 Å². The molecule has 3 aromatic rings. The highest BCUT2D eigenvalue weighted by atomic mass is 127. The van der Waals surface area contributed by atoms with Crippen LogP contribution in [0.4, 0.5) is 0 Å². The fraction of sp³-hybridized carbons (Fsp3) is 0.238. The molecule has 146 valence electrons. The van der Waals surface area contributed by atoms with Gasteiger partial charge in [0.05, 0.1) is 12.8 Å². The number of aryl methyl sites for hydroxylation is 1. The van der Waals surface area contributed by atoms with Crippen LogP contribution < -0.4 is 4.74 Å². The van der Waals surface area contributed by atoms with Gasteiger partial charge in [-0.2, -0.15) is 0 Å². The molecule has 0 aliphatic heterocycles. The van der Waals surface area contributed by atoms with Crippen LogP contribution in [0.5, 0.6) is 5.75 Å². The Morgan fingerprint density at radius 1 is 1.18 bits per heavy atom. The summed E-state index contributed by atoms with van der Waals surface area (Å²) >= 11 is 4.02. The number of benzene rings is 2. The predicted octanol–water partition coefficient (Wildman–Crippen LogP) is 5.43. The molecule has 3 rings (SSSR count). The molecule has 0 saturated heterocycles. The quantitative estimate of drug-likeness (QED) is 0.175. The molecule has 5 nitrogen and oxygen atoms in total. The molecule has 0 spiro atoms. The van der Waals surface area contributed by atoms with E-state index in [9.17, 15) is 4.79 Å². The third kappa shape index (κ3) is 5.51. The van der Waals surface area contributed by atoms with Crippen LogP contribution in [0.2, 0.25) is 0 Å². The number of aromatic nitrogens is 1. The number of esters is 1. The van der Waals surface area contributed by atoms with Crippen molar-refractivity contribution < 1.29 is 18.8 Å². The number of ether oxygens (including phenoxy) is 2. The number of rotatable bonds is 8. The van der Waals surface area contributed by atoms with E-state index in [4.69, 9.17) is 9.26 Å². The van der Waals surface area contributed by atoms with Crippen molar-refractivity contribution in [3.8, 4) is 17.1 Å². The van der Waals surface area contributed by atoms with Crippen molar-refractivity contribution in [2.24, 2.45) is 0 Å². The fourth-order valence-corrected chi connectivity index (χ4v) is 3.88. The van der Waals surface area contributed by atoms with Gasteiger partial charge in [0, 0.05) is 26.7 Å². The van der Waals surface area contributed by atoms with Crippen LogP contribution in [0.1, 0.15) is 16.8 Å². The molecule has 0 saturated carbocycles. The van der Waals surface area contributed by atoms with E-state index < -0.39 is 5.97 Å². The largest absolute Gasteiger partial charge is 0.482 e. The van der Waals surface area contributed by atoms with Gasteiger partial charge in [0.25, 0.3) is 0 Å². The summed E-state index contributed by atoms with van der Waals surface area (Å²) in [5.74, 6) is 1.76. The molecule has 0 radical (unpaired) electrons. The molecule has 0 N–H and O–H groups in total. The number of carbonyl (C=O) groups excluding carboxylic acids is 1. The first kappa shape index (κ1) is 20.7. The van der Waals surface area contributed by atoms with Crippen LogP contribution in [0.3, 0.4) is 0 Å². The topological polar surface area (TPSA) is 61.6 Å². The first-order valence-corrected chi connectivity index (χ1v) is 11.1. The van der Waals surface area contributed by atoms with Crippen LogP contribution >= 0.6 is 34.4 Å². The zero-order valence-corrected chi connectivity index (χ0v) is 18.6. The summed E-state index contributed by atoms with van der Waals surface area (Å²) in [6.45, 7) is 1.86. The molecule has 1 heterocycles. The van der Waals surface area contributed by atoms with Crippen molar-refractivity contribution in [3.05, 3.63) is 65.4 Å². The first-order chi connectivity index (χ1) is 13.6. The van der Waals surface area contributed by atoms with E-state index in [1.807, 2.05) is 31.2 Å². The molecule has 1 aromatic heterocycles. The Bertz CT molecular complexity index is 940. The van der Waals surface area contributed by atoms with Gasteiger partial charge in [-0.05, 0) is 36.2 Å². The summed E-state index contributed by atoms with van der Waals surface area (Å²) in [5.41, 5.74) is 4.17. The van der Waals surface area contributed by atoms with Crippen molar-refractivity contribution in [2.45, 2.75) is 22.0 Å². The molecular formula is C21H20INO4S. The minimum absolute atomic E-state index is 0.0929. The smallest absolute Gasteiger partial charge is 0.343 e. The Kier molecular flexibility index (Phi) is 7.38. The summed E-state index contributed by atoms with van der Waals surface area (Å²) in [5, 5.41) is 4.18. The average molecular weight is 509 g/mol. The molecule has 0 amide bonds. The molecule has 0 bridgehead atoms. The third-order valence-corrected chi connectivity index (χ3v) is 5.97. The zero-order valence-electron chi connectivity index (χ0n) is 15.6. The van der Waals surface area contributed by atoms with E-state index in [0.717, 1.165) is 31.9 Å². The number of methoxy groups -OCH3 is 1. The lowest BCUT2D eigenvalue weighted by Crippen LogP contribution is -2.12. The van der Waals surface area contributed by atoms with Gasteiger partial charge in [-0.15, -0.1) is 11.8 Å². The Morgan fingerprint density at radius 2 is 1.96 bits per heavy atom. The second-order valence-electron chi connectivity index (χ2n) is 6.09. The van der Waals surface area contributed by atoms with Gasteiger partial charge < -0.3 is 14.0 Å². The van der Waals surface area contributed by atoms with Crippen molar-refractivity contribution in [2.75, 3.05) is 13.7 Å². The number of thioether (sulfide) groups is 1. The van der Waals surface area contributed by atoms with Crippen molar-refractivity contribution in [1.82, 2.24) is 5.16 Å². The molecule has 0 unspecified atom stereocenters. The summed E-state index contributed by atoms with van der Waals surface area (Å²) in [4.78, 5) is 12.3. The highest BCUT2D eigenvalue weighted by Gasteiger charge is 2.09. The normalized spacial score (nSPS) is 10.7. The Hall–Kier alpha value is -2.00. The number of hydrogen-bond acceptors (Lipinski definition) is 6. The maximum atomic E-state index is 11.2. The SMILES string of the molecule is COC(=O)COc1ccc(SCc2cc(-c3ccc(CI)cc3)on2)cc1C. The minimum Gasteiger partial charge on any atom is -0.482 e. The van der Waals surface area contributed by atoms with Gasteiger partial charge in [-0.3, -0.25) is 0 Å². The second kappa shape index (κ2) is 9.97. The van der Waals surface area contributed by atoms with Crippen LogP contribution in [-0.4, -0.2) is 24.8 Å². The van der Waals surface area contributed by atoms with Crippen molar-refractivity contribution in [1.29, 1.82) is 0 Å². The Balaban J connectivity index is 1.59. The number of halogens is 1. The molecule has 0 atom stereocenters. The molecule has 0 fully saturated rings. The molecule has 0 aliphatic rings. The number of hydrogen-bond donors (Lipinski definition) is 0. The molecular weight excluding hydrogens is 489 g/mol. The van der Waals surface area contributed by atoms with Gasteiger partial charge in [-0.25, -0.2) is 4.79 Å². The summed E-state index contributed by atoms with van der Waals surface area (Å²) < 4.78 is 16.5. The molecule has 2 aromatic carbocycles. The lowest BCUT2D eigenvalue weighted by molar-refractivity contribution is -0.142. The molecule has 0 aliphatic carbocycles. The van der Waals surface area contributed by atoms with Crippen LogP contribution in [0, 0.1) is 6.92 Å². The summed E-state index contributed by atoms with van der Waals surface area (Å²) in [6, 6.07) is 16.2. The predicted molar refractivity (Wildman–Crippen MR) is 118 cm³/mol. The summed E-state index contributed by atoms with van der Waals surface area (Å²) in [6.07, 6.45) is 0. The summed E-state index contributed by atoms with van der Waals surface area (Å²) in [7, 11) is 1.34. The zero-order chi connectivity index (χ0) is 19.9. The van der Waals surface area contributed by atoms with Crippen molar-refractivity contribution >= 4 is 40.3 Å². The van der Waals surface area contributed by atoms with E-state index in [0.29, 0.717) is 11.5 Å². The third-order valence-electron chi connectivity index (χ3n) is 4.06. The standard InChI is InChI=1S/C21H20INO4S/c1-14-9-18(7-8-19(14)26-12-21(24)25-2)28-13-17-10-20(27-23-17)16-5-3-15(11-22)4-6-16/h3-10H,11-13H2,1-2H3. The van der Waals surface area contributed by atoms with E-state index in [1.54, 1.807) is 11.8 Å². The maximum Gasteiger partial charge on any atom is 0.343 e. The van der Waals surface area contributed by atoms with Crippen LogP contribution in [-0.2, 0) is 19.7 Å². The lowest BCUT2D eigenvalue weighted by atomic mass is 10.1. The lowest BCUT2D eigenvalue weighted by Gasteiger charge is -2.09. The van der Waals surface area contributed by atoms with E-state index in [-0.39, 0.29) is 6.61 Å². The van der Waals surface area contributed by atoms with Gasteiger partial charge in [0.1, 0.15) is 5.75 Å². The monoisotopic (exact) mass is 509 g/mol. The maximum absolute atomic E-state index is 11.2. The first-order valence-electron chi connectivity index (χ1n) is 8.63. The molecule has 7 heteroatoms. The average Bonchev–Trinajstić information content (AvgIpc) is 3.20. The van der Waals surface area contributed by atoms with E-state index in [1.165, 1.54) is 12.7 Å². The second-order valence-corrected chi connectivity index (χ2v) is 7.91. The number of carbonyl (C=O) groups is 1. The number of alkyl halides is 1. The van der Waals surface area contributed by atoms with Gasteiger partial charge in [-0.1, -0.05) is 52.0 Å². The fourth-order valence-electron chi connectivity index (χ4n) is 2.50. The van der Waals surface area contributed by atoms with E-state index >= 15 is 0 Å². The van der Waals surface area contributed by atoms with Crippen LogP contribution in [0.15, 0.2) is 57.9 Å². The minimum atomic E-state index is -0.399. The van der Waals surface area contributed by atoms with Gasteiger partial charge >= 0.3 is 5.97 Å².